The number of likely N-dealkylation sites (N-methyl/N-ethyl adjacent to an activating group) is 3. The molecule has 7 nitrogen and oxygen atoms in total. The van der Waals surface area contributed by atoms with E-state index in [1.54, 1.807) is 4.90 Å². The van der Waals surface area contributed by atoms with Crippen LogP contribution in [-0.2, 0) is 19.6 Å². The Kier molecular flexibility index (Phi) is 7.65. The monoisotopic (exact) mass is 395 g/mol. The van der Waals surface area contributed by atoms with Crippen LogP contribution < -0.4 is 0 Å². The van der Waals surface area contributed by atoms with Crippen LogP contribution in [0, 0.1) is 0 Å². The Labute approximate surface area is 151 Å². The molecule has 0 saturated carbocycles. The van der Waals surface area contributed by atoms with Crippen molar-refractivity contribution in [3.63, 3.8) is 0 Å². The molecule has 0 aliphatic heterocycles. The molecule has 0 radical (unpaired) electrons. The van der Waals surface area contributed by atoms with E-state index in [2.05, 4.69) is 0 Å². The lowest BCUT2D eigenvalue weighted by molar-refractivity contribution is -0.139. The number of nitrogens with zero attached hydrogens (tertiary/aromatic N) is 3. The minimum Gasteiger partial charge on any atom is -0.342 e. The van der Waals surface area contributed by atoms with Crippen LogP contribution in [-0.4, -0.2) is 74.6 Å². The maximum Gasteiger partial charge on any atom is 0.252 e. The van der Waals surface area contributed by atoms with Crippen molar-refractivity contribution in [3.8, 4) is 0 Å². The molecule has 1 rings (SSSR count). The molecule has 1 heterocycles. The zero-order valence-corrected chi connectivity index (χ0v) is 16.5. The maximum absolute atomic E-state index is 12.4. The Bertz CT molecular complexity index is 686. The highest BCUT2D eigenvalue weighted by Gasteiger charge is 2.26. The SMILES string of the molecule is CCN(CC)C(=O)CN(C)C(=O)CN(C)S(=O)(=O)c1ccc(Cl)s1. The number of rotatable bonds is 8. The maximum atomic E-state index is 12.4. The molecule has 136 valence electrons. The summed E-state index contributed by atoms with van der Waals surface area (Å²) in [6, 6.07) is 2.89. The van der Waals surface area contributed by atoms with E-state index in [9.17, 15) is 18.0 Å². The molecule has 10 heteroatoms. The molecular weight excluding hydrogens is 374 g/mol. The summed E-state index contributed by atoms with van der Waals surface area (Å²) in [6.45, 7) is 4.40. The standard InChI is InChI=1S/C14H22ClN3O4S2/c1-5-18(6-2)13(20)9-16(3)12(19)10-17(4)24(21,22)14-8-7-11(15)23-14/h7-8H,5-6,9-10H2,1-4H3. The molecule has 0 unspecified atom stereocenters. The van der Waals surface area contributed by atoms with Crippen molar-refractivity contribution >= 4 is 44.8 Å². The van der Waals surface area contributed by atoms with Gasteiger partial charge in [-0.15, -0.1) is 11.3 Å². The number of hydrogen-bond acceptors (Lipinski definition) is 5. The fourth-order valence-corrected chi connectivity index (χ4v) is 4.77. The minimum absolute atomic E-state index is 0.0738. The first-order chi connectivity index (χ1) is 11.1. The highest BCUT2D eigenvalue weighted by molar-refractivity contribution is 7.91. The molecular formula is C14H22ClN3O4S2. The molecule has 0 aliphatic rings. The Morgan fingerprint density at radius 1 is 1.08 bits per heavy atom. The average molecular weight is 396 g/mol. The van der Waals surface area contributed by atoms with Gasteiger partial charge in [0, 0.05) is 27.2 Å². The zero-order chi connectivity index (χ0) is 18.5. The van der Waals surface area contributed by atoms with Gasteiger partial charge in [-0.25, -0.2) is 8.42 Å². The molecule has 1 aromatic rings. The van der Waals surface area contributed by atoms with Gasteiger partial charge in [-0.3, -0.25) is 9.59 Å². The van der Waals surface area contributed by atoms with Crippen molar-refractivity contribution in [1.29, 1.82) is 0 Å². The Hall–Kier alpha value is -1.16. The van der Waals surface area contributed by atoms with Crippen molar-refractivity contribution in [2.75, 3.05) is 40.3 Å². The number of sulfonamides is 1. The van der Waals surface area contributed by atoms with E-state index in [0.717, 1.165) is 15.6 Å². The zero-order valence-electron chi connectivity index (χ0n) is 14.2. The van der Waals surface area contributed by atoms with Gasteiger partial charge in [0.25, 0.3) is 10.0 Å². The summed E-state index contributed by atoms with van der Waals surface area (Å²) < 4.78 is 26.1. The summed E-state index contributed by atoms with van der Waals surface area (Å²) in [6.07, 6.45) is 0. The molecule has 1 aromatic heterocycles. The summed E-state index contributed by atoms with van der Waals surface area (Å²) >= 11 is 6.69. The largest absolute Gasteiger partial charge is 0.342 e. The second-order valence-electron chi connectivity index (χ2n) is 5.14. The molecule has 0 N–H and O–H groups in total. The molecule has 0 spiro atoms. The smallest absolute Gasteiger partial charge is 0.252 e. The number of thiophene rings is 1. The molecule has 0 atom stereocenters. The van der Waals surface area contributed by atoms with Crippen LogP contribution in [0.15, 0.2) is 16.3 Å². The summed E-state index contributed by atoms with van der Waals surface area (Å²) in [5.41, 5.74) is 0. The summed E-state index contributed by atoms with van der Waals surface area (Å²) in [5, 5.41) is 0. The fraction of sp³-hybridized carbons (Fsp3) is 0.571. The predicted molar refractivity (Wildman–Crippen MR) is 94.7 cm³/mol. The van der Waals surface area contributed by atoms with Crippen LogP contribution in [0.4, 0.5) is 0 Å². The number of carbonyl (C=O) groups excluding carboxylic acids is 2. The van der Waals surface area contributed by atoms with Gasteiger partial charge in [-0.2, -0.15) is 4.31 Å². The third-order valence-electron chi connectivity index (χ3n) is 3.49. The van der Waals surface area contributed by atoms with E-state index in [0.29, 0.717) is 17.4 Å². The van der Waals surface area contributed by atoms with Crippen LogP contribution in [0.1, 0.15) is 13.8 Å². The molecule has 2 amide bonds. The van der Waals surface area contributed by atoms with Gasteiger partial charge in [0.1, 0.15) is 4.21 Å². The summed E-state index contributed by atoms with van der Waals surface area (Å²) in [7, 11) is -0.978. The van der Waals surface area contributed by atoms with Gasteiger partial charge in [0.15, 0.2) is 0 Å². The van der Waals surface area contributed by atoms with Crippen LogP contribution in [0.3, 0.4) is 0 Å². The molecule has 24 heavy (non-hydrogen) atoms. The van der Waals surface area contributed by atoms with E-state index in [4.69, 9.17) is 11.6 Å². The number of halogens is 1. The average Bonchev–Trinajstić information content (AvgIpc) is 2.95. The first-order valence-electron chi connectivity index (χ1n) is 7.36. The van der Waals surface area contributed by atoms with Crippen LogP contribution >= 0.6 is 22.9 Å². The normalized spacial score (nSPS) is 11.6. The van der Waals surface area contributed by atoms with Crippen molar-refractivity contribution in [2.24, 2.45) is 0 Å². The van der Waals surface area contributed by atoms with Gasteiger partial charge in [-0.05, 0) is 26.0 Å². The lowest BCUT2D eigenvalue weighted by atomic mass is 10.4. The first kappa shape index (κ1) is 20.9. The van der Waals surface area contributed by atoms with E-state index < -0.39 is 15.9 Å². The number of hydrogen-bond donors (Lipinski definition) is 0. The van der Waals surface area contributed by atoms with Gasteiger partial charge >= 0.3 is 0 Å². The van der Waals surface area contributed by atoms with E-state index in [1.165, 1.54) is 31.1 Å². The van der Waals surface area contributed by atoms with E-state index in [1.807, 2.05) is 13.8 Å². The van der Waals surface area contributed by atoms with Crippen LogP contribution in [0.5, 0.6) is 0 Å². The Morgan fingerprint density at radius 2 is 1.67 bits per heavy atom. The summed E-state index contributed by atoms with van der Waals surface area (Å²) in [4.78, 5) is 27.1. The summed E-state index contributed by atoms with van der Waals surface area (Å²) in [5.74, 6) is -0.629. The predicted octanol–water partition coefficient (Wildman–Crippen LogP) is 1.35. The second kappa shape index (κ2) is 8.80. The topological polar surface area (TPSA) is 78.0 Å². The lowest BCUT2D eigenvalue weighted by Gasteiger charge is -2.24. The van der Waals surface area contributed by atoms with E-state index in [-0.39, 0.29) is 23.2 Å². The molecule has 0 aliphatic carbocycles. The van der Waals surface area contributed by atoms with Crippen molar-refractivity contribution in [1.82, 2.24) is 14.1 Å². The van der Waals surface area contributed by atoms with Gasteiger partial charge < -0.3 is 9.80 Å². The molecule has 0 fully saturated rings. The van der Waals surface area contributed by atoms with Crippen LogP contribution in [0.2, 0.25) is 4.34 Å². The van der Waals surface area contributed by atoms with Crippen molar-refractivity contribution in [3.05, 3.63) is 16.5 Å². The quantitative estimate of drug-likeness (QED) is 0.665. The van der Waals surface area contributed by atoms with Crippen molar-refractivity contribution < 1.29 is 18.0 Å². The van der Waals surface area contributed by atoms with E-state index >= 15 is 0 Å². The fourth-order valence-electron chi connectivity index (χ4n) is 1.95. The molecule has 0 bridgehead atoms. The van der Waals surface area contributed by atoms with Crippen LogP contribution in [0.25, 0.3) is 0 Å². The molecule has 0 aromatic carbocycles. The van der Waals surface area contributed by atoms with Gasteiger partial charge in [-0.1, -0.05) is 11.6 Å². The highest BCUT2D eigenvalue weighted by atomic mass is 35.5. The Morgan fingerprint density at radius 3 is 2.12 bits per heavy atom. The number of amides is 2. The molecule has 0 saturated heterocycles. The van der Waals surface area contributed by atoms with Gasteiger partial charge in [0.2, 0.25) is 11.8 Å². The second-order valence-corrected chi connectivity index (χ2v) is 9.12. The minimum atomic E-state index is -3.78. The third-order valence-corrected chi connectivity index (χ3v) is 6.99. The first-order valence-corrected chi connectivity index (χ1v) is 10.00. The van der Waals surface area contributed by atoms with Crippen molar-refractivity contribution in [2.45, 2.75) is 18.1 Å². The number of carbonyl (C=O) groups is 2. The lowest BCUT2D eigenvalue weighted by Crippen LogP contribution is -2.44. The Balaban J connectivity index is 2.71. The van der Waals surface area contributed by atoms with Gasteiger partial charge in [0.05, 0.1) is 17.4 Å². The highest BCUT2D eigenvalue weighted by Crippen LogP contribution is 2.27. The third kappa shape index (κ3) is 5.17.